The number of nitro benzene ring substituents is 1. The predicted octanol–water partition coefficient (Wildman–Crippen LogP) is 0.501. The van der Waals surface area contributed by atoms with Crippen molar-refractivity contribution in [1.82, 2.24) is 0 Å². The van der Waals surface area contributed by atoms with Gasteiger partial charge in [0.15, 0.2) is 0 Å². The van der Waals surface area contributed by atoms with Gasteiger partial charge in [-0.05, 0) is 12.1 Å². The van der Waals surface area contributed by atoms with Crippen molar-refractivity contribution in [3.05, 3.63) is 28.3 Å². The van der Waals surface area contributed by atoms with E-state index in [4.69, 9.17) is 10.5 Å². The van der Waals surface area contributed by atoms with Crippen LogP contribution in [0.2, 0.25) is 0 Å². The standard InChI is InChI=1S/C9H11N3O4/c1-16-6-2-3-7(11-5-9(10)13)8(4-6)12(14)15/h2-4,11H,5H2,1H3,(H2,10,13). The number of benzene rings is 1. The minimum atomic E-state index is -0.592. The van der Waals surface area contributed by atoms with E-state index in [1.54, 1.807) is 6.07 Å². The Morgan fingerprint density at radius 2 is 2.31 bits per heavy atom. The molecule has 0 aliphatic rings. The summed E-state index contributed by atoms with van der Waals surface area (Å²) >= 11 is 0. The molecule has 0 bridgehead atoms. The molecule has 0 aliphatic carbocycles. The molecule has 0 saturated carbocycles. The highest BCUT2D eigenvalue weighted by atomic mass is 16.6. The van der Waals surface area contributed by atoms with Gasteiger partial charge in [0.1, 0.15) is 11.4 Å². The quantitative estimate of drug-likeness (QED) is 0.560. The monoisotopic (exact) mass is 225 g/mol. The smallest absolute Gasteiger partial charge is 0.296 e. The van der Waals surface area contributed by atoms with Crippen molar-refractivity contribution >= 4 is 17.3 Å². The van der Waals surface area contributed by atoms with Crippen LogP contribution in [0, 0.1) is 10.1 Å². The third kappa shape index (κ3) is 2.84. The molecule has 0 heterocycles. The maximum Gasteiger partial charge on any atom is 0.296 e. The average molecular weight is 225 g/mol. The molecule has 0 saturated heterocycles. The highest BCUT2D eigenvalue weighted by Gasteiger charge is 2.15. The second-order valence-corrected chi connectivity index (χ2v) is 2.96. The molecule has 0 radical (unpaired) electrons. The molecule has 16 heavy (non-hydrogen) atoms. The molecule has 0 atom stereocenters. The molecule has 1 rings (SSSR count). The number of hydrogen-bond acceptors (Lipinski definition) is 5. The molecule has 0 aliphatic heterocycles. The largest absolute Gasteiger partial charge is 0.496 e. The molecular weight excluding hydrogens is 214 g/mol. The molecule has 0 fully saturated rings. The lowest BCUT2D eigenvalue weighted by atomic mass is 10.2. The van der Waals surface area contributed by atoms with Gasteiger partial charge in [0.05, 0.1) is 24.6 Å². The first-order valence-corrected chi connectivity index (χ1v) is 4.39. The Balaban J connectivity index is 2.98. The van der Waals surface area contributed by atoms with Crippen LogP contribution in [0.4, 0.5) is 11.4 Å². The number of methoxy groups -OCH3 is 1. The highest BCUT2D eigenvalue weighted by Crippen LogP contribution is 2.28. The Morgan fingerprint density at radius 1 is 1.62 bits per heavy atom. The van der Waals surface area contributed by atoms with E-state index in [1.165, 1.54) is 19.2 Å². The molecule has 0 spiro atoms. The average Bonchev–Trinajstić information content (AvgIpc) is 2.25. The number of nitro groups is 1. The number of primary amides is 1. The first-order chi connectivity index (χ1) is 7.54. The number of nitrogens with zero attached hydrogens (tertiary/aromatic N) is 1. The fraction of sp³-hybridized carbons (Fsp3) is 0.222. The van der Waals surface area contributed by atoms with Gasteiger partial charge in [-0.3, -0.25) is 14.9 Å². The van der Waals surface area contributed by atoms with Crippen LogP contribution in [-0.4, -0.2) is 24.5 Å². The first kappa shape index (κ1) is 11.8. The molecule has 0 aromatic heterocycles. The number of ether oxygens (including phenoxy) is 1. The Labute approximate surface area is 91.3 Å². The lowest BCUT2D eigenvalue weighted by Gasteiger charge is -2.06. The topological polar surface area (TPSA) is 107 Å². The zero-order valence-electron chi connectivity index (χ0n) is 8.60. The lowest BCUT2D eigenvalue weighted by molar-refractivity contribution is -0.384. The number of carbonyl (C=O) groups excluding carboxylic acids is 1. The van der Waals surface area contributed by atoms with E-state index < -0.39 is 10.8 Å². The second-order valence-electron chi connectivity index (χ2n) is 2.96. The maximum atomic E-state index is 10.7. The molecule has 3 N–H and O–H groups in total. The van der Waals surface area contributed by atoms with Crippen molar-refractivity contribution < 1.29 is 14.5 Å². The number of carbonyl (C=O) groups is 1. The molecule has 1 aromatic rings. The van der Waals surface area contributed by atoms with Gasteiger partial charge < -0.3 is 15.8 Å². The highest BCUT2D eigenvalue weighted by molar-refractivity contribution is 5.80. The van der Waals surface area contributed by atoms with Crippen LogP contribution in [0.5, 0.6) is 5.75 Å². The summed E-state index contributed by atoms with van der Waals surface area (Å²) in [6, 6.07) is 4.28. The summed E-state index contributed by atoms with van der Waals surface area (Å²) in [5, 5.41) is 13.3. The fourth-order valence-corrected chi connectivity index (χ4v) is 1.12. The number of hydrogen-bond donors (Lipinski definition) is 2. The van der Waals surface area contributed by atoms with Gasteiger partial charge in [0, 0.05) is 0 Å². The molecule has 7 heteroatoms. The summed E-state index contributed by atoms with van der Waals surface area (Å²) in [5.41, 5.74) is 4.99. The van der Waals surface area contributed by atoms with Crippen molar-refractivity contribution in [2.45, 2.75) is 0 Å². The Kier molecular flexibility index (Phi) is 3.65. The third-order valence-corrected chi connectivity index (χ3v) is 1.85. The van der Waals surface area contributed by atoms with Crippen LogP contribution in [0.3, 0.4) is 0 Å². The van der Waals surface area contributed by atoms with Gasteiger partial charge in [-0.15, -0.1) is 0 Å². The van der Waals surface area contributed by atoms with Gasteiger partial charge in [-0.1, -0.05) is 0 Å². The summed E-state index contributed by atoms with van der Waals surface area (Å²) in [6.45, 7) is -0.160. The maximum absolute atomic E-state index is 10.7. The summed E-state index contributed by atoms with van der Waals surface area (Å²) in [5.74, 6) is -0.221. The molecular formula is C9H11N3O4. The van der Waals surface area contributed by atoms with E-state index in [9.17, 15) is 14.9 Å². The summed E-state index contributed by atoms with van der Waals surface area (Å²) in [7, 11) is 1.41. The van der Waals surface area contributed by atoms with Crippen molar-refractivity contribution in [2.75, 3.05) is 19.0 Å². The van der Waals surface area contributed by atoms with E-state index in [0.29, 0.717) is 5.75 Å². The van der Waals surface area contributed by atoms with Crippen molar-refractivity contribution in [3.8, 4) is 5.75 Å². The van der Waals surface area contributed by atoms with Crippen LogP contribution in [0.15, 0.2) is 18.2 Å². The van der Waals surface area contributed by atoms with E-state index in [0.717, 1.165) is 0 Å². The summed E-state index contributed by atoms with van der Waals surface area (Å²) in [4.78, 5) is 20.7. The predicted molar refractivity (Wildman–Crippen MR) is 57.3 cm³/mol. The number of nitrogens with one attached hydrogen (secondary N) is 1. The van der Waals surface area contributed by atoms with E-state index >= 15 is 0 Å². The van der Waals surface area contributed by atoms with Crippen LogP contribution in [0.25, 0.3) is 0 Å². The second kappa shape index (κ2) is 4.96. The first-order valence-electron chi connectivity index (χ1n) is 4.39. The molecule has 7 nitrogen and oxygen atoms in total. The van der Waals surface area contributed by atoms with E-state index in [-0.39, 0.29) is 17.9 Å². The van der Waals surface area contributed by atoms with Gasteiger partial charge in [0.25, 0.3) is 5.69 Å². The van der Waals surface area contributed by atoms with Crippen molar-refractivity contribution in [1.29, 1.82) is 0 Å². The number of rotatable bonds is 5. The number of anilines is 1. The van der Waals surface area contributed by atoms with Crippen molar-refractivity contribution in [2.24, 2.45) is 5.73 Å². The molecule has 1 amide bonds. The summed E-state index contributed by atoms with van der Waals surface area (Å²) < 4.78 is 4.86. The van der Waals surface area contributed by atoms with E-state index in [2.05, 4.69) is 5.32 Å². The lowest BCUT2D eigenvalue weighted by Crippen LogP contribution is -2.22. The minimum absolute atomic E-state index is 0.160. The van der Waals surface area contributed by atoms with Crippen LogP contribution < -0.4 is 15.8 Å². The third-order valence-electron chi connectivity index (χ3n) is 1.85. The Bertz CT molecular complexity index is 419. The molecule has 1 aromatic carbocycles. The SMILES string of the molecule is COc1ccc(NCC(N)=O)c([N+](=O)[O-])c1. The number of amides is 1. The summed E-state index contributed by atoms with van der Waals surface area (Å²) in [6.07, 6.45) is 0. The normalized spacial score (nSPS) is 9.56. The number of nitrogens with two attached hydrogens (primary N) is 1. The minimum Gasteiger partial charge on any atom is -0.496 e. The van der Waals surface area contributed by atoms with Crippen LogP contribution in [0.1, 0.15) is 0 Å². The zero-order chi connectivity index (χ0) is 12.1. The van der Waals surface area contributed by atoms with Gasteiger partial charge >= 0.3 is 0 Å². The zero-order valence-corrected chi connectivity index (χ0v) is 8.60. The van der Waals surface area contributed by atoms with Crippen molar-refractivity contribution in [3.63, 3.8) is 0 Å². The van der Waals surface area contributed by atoms with Crippen LogP contribution in [-0.2, 0) is 4.79 Å². The molecule has 0 unspecified atom stereocenters. The molecule has 86 valence electrons. The van der Waals surface area contributed by atoms with Gasteiger partial charge in [-0.25, -0.2) is 0 Å². The Morgan fingerprint density at radius 3 is 2.81 bits per heavy atom. The fourth-order valence-electron chi connectivity index (χ4n) is 1.12. The van der Waals surface area contributed by atoms with Crippen LogP contribution >= 0.6 is 0 Å². The Hall–Kier alpha value is -2.31. The van der Waals surface area contributed by atoms with Gasteiger partial charge in [0.2, 0.25) is 5.91 Å². The van der Waals surface area contributed by atoms with Gasteiger partial charge in [-0.2, -0.15) is 0 Å². The van der Waals surface area contributed by atoms with E-state index in [1.807, 2.05) is 0 Å².